The van der Waals surface area contributed by atoms with Gasteiger partial charge in [0.2, 0.25) is 5.91 Å². The third kappa shape index (κ3) is 3.31. The molecule has 0 aliphatic carbocycles. The quantitative estimate of drug-likeness (QED) is 0.915. The Kier molecular flexibility index (Phi) is 3.97. The van der Waals surface area contributed by atoms with Crippen molar-refractivity contribution in [3.05, 3.63) is 53.8 Å². The lowest BCUT2D eigenvalue weighted by Gasteiger charge is -2.25. The number of benzene rings is 2. The van der Waals surface area contributed by atoms with E-state index in [1.165, 1.54) is 18.2 Å². The van der Waals surface area contributed by atoms with E-state index in [2.05, 4.69) is 10.6 Å². The first kappa shape index (κ1) is 15.0. The number of aryl methyl sites for hydroxylation is 1. The number of fused-ring (bicyclic) bond motifs is 1. The highest BCUT2D eigenvalue weighted by Gasteiger charge is 2.29. The van der Waals surface area contributed by atoms with E-state index in [1.54, 1.807) is 31.2 Å². The molecule has 0 saturated carbocycles. The van der Waals surface area contributed by atoms with Crippen LogP contribution in [0.15, 0.2) is 42.5 Å². The van der Waals surface area contributed by atoms with Crippen molar-refractivity contribution in [2.45, 2.75) is 19.4 Å². The van der Waals surface area contributed by atoms with E-state index in [0.29, 0.717) is 22.7 Å². The number of para-hydroxylation sites is 2. The van der Waals surface area contributed by atoms with Gasteiger partial charge in [0, 0.05) is 5.69 Å². The van der Waals surface area contributed by atoms with Crippen LogP contribution in [0.5, 0.6) is 5.75 Å². The van der Waals surface area contributed by atoms with Crippen LogP contribution in [0.1, 0.15) is 12.0 Å². The highest BCUT2D eigenvalue weighted by molar-refractivity contribution is 6.02. The summed E-state index contributed by atoms with van der Waals surface area (Å²) in [7, 11) is 0. The largest absolute Gasteiger partial charge is 0.478 e. The molecular formula is C17H15FN2O3. The summed E-state index contributed by atoms with van der Waals surface area (Å²) in [5, 5.41) is 5.37. The van der Waals surface area contributed by atoms with Gasteiger partial charge in [0.1, 0.15) is 11.6 Å². The molecule has 118 valence electrons. The average Bonchev–Trinajstić information content (AvgIpc) is 2.51. The number of rotatable bonds is 3. The predicted molar refractivity (Wildman–Crippen MR) is 83.9 cm³/mol. The first-order chi connectivity index (χ1) is 11.0. The van der Waals surface area contributed by atoms with Crippen LogP contribution in [0.3, 0.4) is 0 Å². The van der Waals surface area contributed by atoms with E-state index in [4.69, 9.17) is 4.74 Å². The monoisotopic (exact) mass is 314 g/mol. The van der Waals surface area contributed by atoms with Crippen molar-refractivity contribution in [1.82, 2.24) is 0 Å². The molecule has 0 spiro atoms. The summed E-state index contributed by atoms with van der Waals surface area (Å²) in [6.45, 7) is 1.69. The summed E-state index contributed by atoms with van der Waals surface area (Å²) < 4.78 is 18.6. The maximum atomic E-state index is 13.1. The van der Waals surface area contributed by atoms with E-state index in [1.807, 2.05) is 0 Å². The van der Waals surface area contributed by atoms with Crippen LogP contribution in [-0.2, 0) is 9.59 Å². The number of halogens is 1. The van der Waals surface area contributed by atoms with Crippen LogP contribution in [0.2, 0.25) is 0 Å². The van der Waals surface area contributed by atoms with Gasteiger partial charge in [0.15, 0.2) is 6.10 Å². The van der Waals surface area contributed by atoms with Crippen LogP contribution < -0.4 is 15.4 Å². The lowest BCUT2D eigenvalue weighted by Crippen LogP contribution is -2.39. The van der Waals surface area contributed by atoms with Gasteiger partial charge in [-0.05, 0) is 42.8 Å². The summed E-state index contributed by atoms with van der Waals surface area (Å²) in [4.78, 5) is 24.1. The van der Waals surface area contributed by atoms with Crippen LogP contribution in [0.25, 0.3) is 0 Å². The highest BCUT2D eigenvalue weighted by Crippen LogP contribution is 2.29. The Balaban J connectivity index is 1.67. The molecule has 0 radical (unpaired) electrons. The van der Waals surface area contributed by atoms with Crippen molar-refractivity contribution in [3.63, 3.8) is 0 Å². The molecule has 0 bridgehead atoms. The van der Waals surface area contributed by atoms with Gasteiger partial charge in [0.25, 0.3) is 5.91 Å². The van der Waals surface area contributed by atoms with Crippen LogP contribution in [-0.4, -0.2) is 17.9 Å². The predicted octanol–water partition coefficient (Wildman–Crippen LogP) is 2.86. The second kappa shape index (κ2) is 6.08. The van der Waals surface area contributed by atoms with Crippen LogP contribution in [0.4, 0.5) is 15.8 Å². The molecule has 0 aromatic heterocycles. The van der Waals surface area contributed by atoms with Gasteiger partial charge >= 0.3 is 0 Å². The third-order valence-electron chi connectivity index (χ3n) is 3.54. The Hall–Kier alpha value is -2.89. The second-order valence-electron chi connectivity index (χ2n) is 5.30. The van der Waals surface area contributed by atoms with Gasteiger partial charge in [-0.25, -0.2) is 4.39 Å². The zero-order valence-electron chi connectivity index (χ0n) is 12.4. The van der Waals surface area contributed by atoms with Gasteiger partial charge in [-0.3, -0.25) is 9.59 Å². The Labute approximate surface area is 132 Å². The van der Waals surface area contributed by atoms with E-state index >= 15 is 0 Å². The number of nitrogens with one attached hydrogen (secondary N) is 2. The number of hydrogen-bond acceptors (Lipinski definition) is 3. The van der Waals surface area contributed by atoms with Gasteiger partial charge < -0.3 is 15.4 Å². The molecule has 3 rings (SSSR count). The smallest absolute Gasteiger partial charge is 0.266 e. The third-order valence-corrected chi connectivity index (χ3v) is 3.54. The lowest BCUT2D eigenvalue weighted by molar-refractivity contribution is -0.128. The van der Waals surface area contributed by atoms with E-state index in [-0.39, 0.29) is 24.1 Å². The van der Waals surface area contributed by atoms with Gasteiger partial charge in [-0.15, -0.1) is 0 Å². The Morgan fingerprint density at radius 3 is 2.87 bits per heavy atom. The molecule has 1 heterocycles. The Morgan fingerprint density at radius 1 is 1.30 bits per heavy atom. The molecule has 6 heteroatoms. The molecule has 2 aromatic rings. The molecule has 0 saturated heterocycles. The maximum absolute atomic E-state index is 13.1. The lowest BCUT2D eigenvalue weighted by atomic mass is 10.1. The molecule has 1 unspecified atom stereocenters. The molecule has 0 fully saturated rings. The minimum atomic E-state index is -0.898. The van der Waals surface area contributed by atoms with Crippen molar-refractivity contribution < 1.29 is 18.7 Å². The van der Waals surface area contributed by atoms with E-state index < -0.39 is 6.10 Å². The summed E-state index contributed by atoms with van der Waals surface area (Å²) in [6.07, 6.45) is -1.03. The molecule has 1 aliphatic heterocycles. The van der Waals surface area contributed by atoms with Gasteiger partial charge in [0.05, 0.1) is 12.1 Å². The van der Waals surface area contributed by atoms with E-state index in [9.17, 15) is 14.0 Å². The van der Waals surface area contributed by atoms with Gasteiger partial charge in [-0.2, -0.15) is 0 Å². The Bertz CT molecular complexity index is 776. The number of carbonyl (C=O) groups is 2. The fourth-order valence-corrected chi connectivity index (χ4v) is 2.36. The molecule has 2 aromatic carbocycles. The first-order valence-electron chi connectivity index (χ1n) is 7.15. The highest BCUT2D eigenvalue weighted by atomic mass is 19.1. The number of amides is 2. The minimum absolute atomic E-state index is 0.128. The van der Waals surface area contributed by atoms with Crippen LogP contribution in [0, 0.1) is 12.7 Å². The van der Waals surface area contributed by atoms with Crippen molar-refractivity contribution >= 4 is 23.2 Å². The minimum Gasteiger partial charge on any atom is -0.478 e. The molecule has 2 amide bonds. The zero-order valence-corrected chi connectivity index (χ0v) is 12.4. The molecule has 23 heavy (non-hydrogen) atoms. The normalized spacial score (nSPS) is 16.1. The Morgan fingerprint density at radius 2 is 2.09 bits per heavy atom. The first-order valence-corrected chi connectivity index (χ1v) is 7.15. The summed E-state index contributed by atoms with van der Waals surface area (Å²) in [5.74, 6) is -0.580. The molecule has 5 nitrogen and oxygen atoms in total. The van der Waals surface area contributed by atoms with Crippen molar-refractivity contribution in [1.29, 1.82) is 0 Å². The molecular weight excluding hydrogens is 299 g/mol. The number of anilines is 2. The standard InChI is InChI=1S/C17H15FN2O3/c1-10-8-11(18)6-7-12(10)19-16(21)9-15-17(22)20-13-4-2-3-5-14(13)23-15/h2-8,15H,9H2,1H3,(H,19,21)(H,20,22). The summed E-state index contributed by atoms with van der Waals surface area (Å²) in [5.41, 5.74) is 1.70. The van der Waals surface area contributed by atoms with Crippen molar-refractivity contribution in [2.24, 2.45) is 0 Å². The topological polar surface area (TPSA) is 67.4 Å². The van der Waals surface area contributed by atoms with Crippen molar-refractivity contribution in [2.75, 3.05) is 10.6 Å². The number of carbonyl (C=O) groups excluding carboxylic acids is 2. The molecule has 2 N–H and O–H groups in total. The zero-order chi connectivity index (χ0) is 16.4. The van der Waals surface area contributed by atoms with Gasteiger partial charge in [-0.1, -0.05) is 12.1 Å². The summed E-state index contributed by atoms with van der Waals surface area (Å²) >= 11 is 0. The summed E-state index contributed by atoms with van der Waals surface area (Å²) in [6, 6.07) is 11.1. The van der Waals surface area contributed by atoms with E-state index in [0.717, 1.165) is 0 Å². The fourth-order valence-electron chi connectivity index (χ4n) is 2.36. The molecule has 1 atom stereocenters. The average molecular weight is 314 g/mol. The second-order valence-corrected chi connectivity index (χ2v) is 5.30. The fraction of sp³-hybridized carbons (Fsp3) is 0.176. The maximum Gasteiger partial charge on any atom is 0.266 e. The SMILES string of the molecule is Cc1cc(F)ccc1NC(=O)CC1Oc2ccccc2NC1=O. The number of hydrogen-bond donors (Lipinski definition) is 2. The van der Waals surface area contributed by atoms with Crippen molar-refractivity contribution in [3.8, 4) is 5.75 Å². The van der Waals surface area contributed by atoms with Crippen LogP contribution >= 0.6 is 0 Å². The molecule has 1 aliphatic rings. The number of ether oxygens (including phenoxy) is 1.